The minimum absolute atomic E-state index is 0.347. The van der Waals surface area contributed by atoms with Gasteiger partial charge >= 0.3 is 0 Å². The monoisotopic (exact) mass is 504 g/mol. The van der Waals surface area contributed by atoms with Gasteiger partial charge in [0.05, 0.1) is 18.4 Å². The number of carbonyl (C=O) groups excluding carboxylic acids is 1. The SMILES string of the molecule is COc1ccc(-c2cc3c(C=O)c(-c4ccc(F)cc4)oc3cc2N(C)C)cc1-c1cc2ccccc2[nH]1. The molecule has 188 valence electrons. The summed E-state index contributed by atoms with van der Waals surface area (Å²) >= 11 is 0. The van der Waals surface area contributed by atoms with Crippen LogP contribution in [-0.2, 0) is 0 Å². The van der Waals surface area contributed by atoms with Crippen LogP contribution in [0.5, 0.6) is 5.75 Å². The van der Waals surface area contributed by atoms with Crippen LogP contribution in [0.1, 0.15) is 10.4 Å². The average Bonchev–Trinajstić information content (AvgIpc) is 3.53. The number of furan rings is 1. The number of para-hydroxylation sites is 1. The van der Waals surface area contributed by atoms with Crippen LogP contribution in [-0.4, -0.2) is 32.5 Å². The number of methoxy groups -OCH3 is 1. The molecule has 1 N–H and O–H groups in total. The number of halogens is 1. The van der Waals surface area contributed by atoms with Crippen LogP contribution in [0.15, 0.2) is 89.3 Å². The lowest BCUT2D eigenvalue weighted by atomic mass is 9.96. The molecule has 4 aromatic carbocycles. The number of ether oxygens (including phenoxy) is 1. The average molecular weight is 505 g/mol. The number of rotatable bonds is 6. The number of aldehydes is 1. The second-order valence-electron chi connectivity index (χ2n) is 9.41. The summed E-state index contributed by atoms with van der Waals surface area (Å²) in [6.45, 7) is 0. The van der Waals surface area contributed by atoms with E-state index in [-0.39, 0.29) is 5.82 Å². The van der Waals surface area contributed by atoms with Gasteiger partial charge in [-0.15, -0.1) is 0 Å². The fourth-order valence-corrected chi connectivity index (χ4v) is 4.99. The highest BCUT2D eigenvalue weighted by Gasteiger charge is 2.20. The van der Waals surface area contributed by atoms with Gasteiger partial charge in [0.2, 0.25) is 0 Å². The molecule has 0 aliphatic rings. The minimum atomic E-state index is -0.347. The van der Waals surface area contributed by atoms with Crippen LogP contribution in [0.4, 0.5) is 10.1 Å². The Bertz CT molecular complexity index is 1780. The minimum Gasteiger partial charge on any atom is -0.496 e. The molecule has 0 bridgehead atoms. The van der Waals surface area contributed by atoms with Crippen LogP contribution < -0.4 is 9.64 Å². The molecule has 5 nitrogen and oxygen atoms in total. The Kier molecular flexibility index (Phi) is 5.72. The fraction of sp³-hybridized carbons (Fsp3) is 0.0938. The highest BCUT2D eigenvalue weighted by atomic mass is 19.1. The van der Waals surface area contributed by atoms with E-state index in [1.807, 2.05) is 61.5 Å². The van der Waals surface area contributed by atoms with Crippen LogP contribution in [0, 0.1) is 5.82 Å². The molecule has 6 heteroatoms. The Morgan fingerprint density at radius 1 is 0.895 bits per heavy atom. The van der Waals surface area contributed by atoms with Crippen molar-refractivity contribution in [2.24, 2.45) is 0 Å². The molecule has 0 spiro atoms. The Labute approximate surface area is 219 Å². The standard InChI is InChI=1S/C32H25FN2O3/c1-35(2)29-17-31-24(26(18-36)32(38-31)19-8-11-22(33)12-9-19)16-23(29)20-10-13-30(37-3)25(14-20)28-15-21-6-4-5-7-27(21)34-28/h4-18,34H,1-3H3. The third-order valence-electron chi connectivity index (χ3n) is 6.88. The predicted molar refractivity (Wildman–Crippen MR) is 151 cm³/mol. The van der Waals surface area contributed by atoms with Crippen LogP contribution in [0.25, 0.3) is 55.6 Å². The van der Waals surface area contributed by atoms with E-state index in [0.29, 0.717) is 27.9 Å². The summed E-state index contributed by atoms with van der Waals surface area (Å²) < 4.78 is 25.4. The molecule has 0 saturated carbocycles. The first-order valence-corrected chi connectivity index (χ1v) is 12.2. The molecule has 0 saturated heterocycles. The summed E-state index contributed by atoms with van der Waals surface area (Å²) in [6.07, 6.45) is 0.799. The summed E-state index contributed by atoms with van der Waals surface area (Å²) in [7, 11) is 5.60. The molecule has 2 aromatic heterocycles. The highest BCUT2D eigenvalue weighted by Crippen LogP contribution is 2.42. The molecular weight excluding hydrogens is 479 g/mol. The van der Waals surface area contributed by atoms with Crippen molar-refractivity contribution in [3.8, 4) is 39.5 Å². The van der Waals surface area contributed by atoms with E-state index in [0.717, 1.165) is 51.0 Å². The Balaban J connectivity index is 1.56. The third kappa shape index (κ3) is 3.91. The smallest absolute Gasteiger partial charge is 0.154 e. The van der Waals surface area contributed by atoms with Gasteiger partial charge in [-0.05, 0) is 60.2 Å². The van der Waals surface area contributed by atoms with Gasteiger partial charge in [-0.25, -0.2) is 4.39 Å². The van der Waals surface area contributed by atoms with Crippen LogP contribution in [0.2, 0.25) is 0 Å². The molecule has 6 rings (SSSR count). The number of nitrogens with zero attached hydrogens (tertiary/aromatic N) is 1. The van der Waals surface area contributed by atoms with Crippen LogP contribution in [0.3, 0.4) is 0 Å². The van der Waals surface area contributed by atoms with E-state index < -0.39 is 0 Å². The Morgan fingerprint density at radius 2 is 1.66 bits per heavy atom. The van der Waals surface area contributed by atoms with E-state index in [1.54, 1.807) is 19.2 Å². The summed E-state index contributed by atoms with van der Waals surface area (Å²) in [5.74, 6) is 0.827. The van der Waals surface area contributed by atoms with E-state index in [4.69, 9.17) is 9.15 Å². The number of hydrogen-bond donors (Lipinski definition) is 1. The first-order chi connectivity index (χ1) is 18.5. The zero-order valence-corrected chi connectivity index (χ0v) is 21.2. The van der Waals surface area contributed by atoms with Gasteiger partial charge in [-0.3, -0.25) is 4.79 Å². The number of aromatic nitrogens is 1. The molecule has 38 heavy (non-hydrogen) atoms. The molecule has 0 amide bonds. The summed E-state index contributed by atoms with van der Waals surface area (Å²) in [4.78, 5) is 17.8. The normalized spacial score (nSPS) is 11.3. The first-order valence-electron chi connectivity index (χ1n) is 12.2. The zero-order chi connectivity index (χ0) is 26.4. The van der Waals surface area contributed by atoms with Crippen molar-refractivity contribution in [3.05, 3.63) is 96.3 Å². The number of anilines is 1. The van der Waals surface area contributed by atoms with E-state index in [9.17, 15) is 9.18 Å². The van der Waals surface area contributed by atoms with Gasteiger partial charge in [0, 0.05) is 58.8 Å². The number of carbonyl (C=O) groups is 1. The van der Waals surface area contributed by atoms with Gasteiger partial charge < -0.3 is 19.0 Å². The first kappa shape index (κ1) is 23.6. The summed E-state index contributed by atoms with van der Waals surface area (Å²) in [6, 6.07) is 26.2. The van der Waals surface area contributed by atoms with Gasteiger partial charge in [0.25, 0.3) is 0 Å². The van der Waals surface area contributed by atoms with Crippen molar-refractivity contribution in [1.82, 2.24) is 4.98 Å². The molecule has 2 heterocycles. The fourth-order valence-electron chi connectivity index (χ4n) is 4.99. The van der Waals surface area contributed by atoms with Crippen LogP contribution >= 0.6 is 0 Å². The number of nitrogens with one attached hydrogen (secondary N) is 1. The molecular formula is C32H25FN2O3. The molecule has 0 aliphatic carbocycles. The lowest BCUT2D eigenvalue weighted by Gasteiger charge is -2.19. The van der Waals surface area contributed by atoms with E-state index in [1.165, 1.54) is 12.1 Å². The lowest BCUT2D eigenvalue weighted by Crippen LogP contribution is -2.10. The second-order valence-corrected chi connectivity index (χ2v) is 9.41. The number of fused-ring (bicyclic) bond motifs is 2. The van der Waals surface area contributed by atoms with E-state index in [2.05, 4.69) is 23.2 Å². The number of benzene rings is 4. The topological polar surface area (TPSA) is 58.5 Å². The Hall–Kier alpha value is -4.84. The lowest BCUT2D eigenvalue weighted by molar-refractivity contribution is 0.112. The maximum atomic E-state index is 13.5. The van der Waals surface area contributed by atoms with Crippen molar-refractivity contribution >= 4 is 33.8 Å². The van der Waals surface area contributed by atoms with Crippen molar-refractivity contribution < 1.29 is 18.3 Å². The zero-order valence-electron chi connectivity index (χ0n) is 21.2. The maximum Gasteiger partial charge on any atom is 0.154 e. The largest absolute Gasteiger partial charge is 0.496 e. The maximum absolute atomic E-state index is 13.5. The molecule has 6 aromatic rings. The van der Waals surface area contributed by atoms with Crippen molar-refractivity contribution in [2.45, 2.75) is 0 Å². The number of H-pyrrole nitrogens is 1. The van der Waals surface area contributed by atoms with Gasteiger partial charge in [-0.1, -0.05) is 24.3 Å². The molecule has 0 unspecified atom stereocenters. The molecule has 0 atom stereocenters. The second kappa shape index (κ2) is 9.23. The van der Waals surface area contributed by atoms with Gasteiger partial charge in [0.15, 0.2) is 6.29 Å². The third-order valence-corrected chi connectivity index (χ3v) is 6.88. The van der Waals surface area contributed by atoms with Gasteiger partial charge in [0.1, 0.15) is 22.9 Å². The van der Waals surface area contributed by atoms with Crippen molar-refractivity contribution in [3.63, 3.8) is 0 Å². The van der Waals surface area contributed by atoms with Crippen molar-refractivity contribution in [2.75, 3.05) is 26.1 Å². The summed E-state index contributed by atoms with van der Waals surface area (Å²) in [5.41, 5.74) is 7.43. The molecule has 0 aliphatic heterocycles. The Morgan fingerprint density at radius 3 is 2.37 bits per heavy atom. The summed E-state index contributed by atoms with van der Waals surface area (Å²) in [5, 5.41) is 1.82. The van der Waals surface area contributed by atoms with Crippen molar-refractivity contribution in [1.29, 1.82) is 0 Å². The highest BCUT2D eigenvalue weighted by molar-refractivity contribution is 6.06. The predicted octanol–water partition coefficient (Wildman–Crippen LogP) is 7.94. The molecule has 0 radical (unpaired) electrons. The van der Waals surface area contributed by atoms with Gasteiger partial charge in [-0.2, -0.15) is 0 Å². The number of hydrogen-bond acceptors (Lipinski definition) is 4. The van der Waals surface area contributed by atoms with E-state index >= 15 is 0 Å². The quantitative estimate of drug-likeness (QED) is 0.234. The number of aromatic amines is 1. The molecule has 0 fully saturated rings.